The smallest absolute Gasteiger partial charge is 0.191 e. The van der Waals surface area contributed by atoms with Crippen molar-refractivity contribution in [3.63, 3.8) is 0 Å². The van der Waals surface area contributed by atoms with Gasteiger partial charge in [0.25, 0.3) is 0 Å². The van der Waals surface area contributed by atoms with Crippen molar-refractivity contribution in [1.29, 1.82) is 0 Å². The van der Waals surface area contributed by atoms with Crippen LogP contribution in [-0.4, -0.2) is 44.5 Å². The largest absolute Gasteiger partial charge is 0.491 e. The molecule has 29 heavy (non-hydrogen) atoms. The standard InChI is InChI=1S/C22H30ClN3O3/c1-4-24-22(26-15-20(27)18-7-5-6-8-19(18)23)25-14-17-10-9-16(2)13-21(17)29-12-11-28-3/h5-10,13,20,27H,4,11-12,14-15H2,1-3H3,(H2,24,25,26). The fraction of sp³-hybridized carbons (Fsp3) is 0.409. The quantitative estimate of drug-likeness (QED) is 0.312. The summed E-state index contributed by atoms with van der Waals surface area (Å²) in [6, 6.07) is 13.3. The number of benzene rings is 2. The van der Waals surface area contributed by atoms with Crippen LogP contribution in [-0.2, 0) is 11.3 Å². The van der Waals surface area contributed by atoms with Gasteiger partial charge >= 0.3 is 0 Å². The first-order valence-corrected chi connectivity index (χ1v) is 10.1. The first-order valence-electron chi connectivity index (χ1n) is 9.71. The summed E-state index contributed by atoms with van der Waals surface area (Å²) >= 11 is 6.16. The Labute approximate surface area is 177 Å². The zero-order valence-corrected chi connectivity index (χ0v) is 18.0. The molecule has 0 amide bonds. The minimum absolute atomic E-state index is 0.292. The molecular formula is C22H30ClN3O3. The Bertz CT molecular complexity index is 799. The van der Waals surface area contributed by atoms with Crippen molar-refractivity contribution in [2.45, 2.75) is 26.5 Å². The highest BCUT2D eigenvalue weighted by Gasteiger charge is 2.12. The van der Waals surface area contributed by atoms with E-state index in [2.05, 4.69) is 15.6 Å². The molecule has 0 spiro atoms. The summed E-state index contributed by atoms with van der Waals surface area (Å²) in [7, 11) is 1.65. The van der Waals surface area contributed by atoms with E-state index in [-0.39, 0.29) is 0 Å². The average Bonchev–Trinajstić information content (AvgIpc) is 2.71. The van der Waals surface area contributed by atoms with Gasteiger partial charge in [0.2, 0.25) is 0 Å². The summed E-state index contributed by atoms with van der Waals surface area (Å²) in [5.41, 5.74) is 2.79. The lowest BCUT2D eigenvalue weighted by Crippen LogP contribution is -2.39. The molecule has 2 aromatic rings. The Hall–Kier alpha value is -2.28. The number of aliphatic imine (C=N–C) groups is 1. The van der Waals surface area contributed by atoms with Crippen LogP contribution in [0.4, 0.5) is 0 Å². The highest BCUT2D eigenvalue weighted by Crippen LogP contribution is 2.22. The Kier molecular flexibility index (Phi) is 9.77. The van der Waals surface area contributed by atoms with Crippen LogP contribution in [0.25, 0.3) is 0 Å². The second-order valence-corrected chi connectivity index (χ2v) is 6.97. The number of nitrogens with one attached hydrogen (secondary N) is 2. The molecule has 7 heteroatoms. The first-order chi connectivity index (χ1) is 14.0. The molecule has 1 unspecified atom stereocenters. The zero-order valence-electron chi connectivity index (χ0n) is 17.2. The molecule has 158 valence electrons. The van der Waals surface area contributed by atoms with Crippen molar-refractivity contribution in [2.75, 3.05) is 33.4 Å². The van der Waals surface area contributed by atoms with Crippen LogP contribution in [0.5, 0.6) is 5.75 Å². The molecule has 6 nitrogen and oxygen atoms in total. The summed E-state index contributed by atoms with van der Waals surface area (Å²) in [5.74, 6) is 1.42. The Balaban J connectivity index is 2.04. The lowest BCUT2D eigenvalue weighted by atomic mass is 10.1. The maximum atomic E-state index is 10.4. The van der Waals surface area contributed by atoms with Crippen molar-refractivity contribution in [3.8, 4) is 5.75 Å². The van der Waals surface area contributed by atoms with Gasteiger partial charge in [-0.25, -0.2) is 4.99 Å². The van der Waals surface area contributed by atoms with Crippen molar-refractivity contribution in [1.82, 2.24) is 10.6 Å². The minimum Gasteiger partial charge on any atom is -0.491 e. The van der Waals surface area contributed by atoms with E-state index < -0.39 is 6.10 Å². The van der Waals surface area contributed by atoms with E-state index in [1.807, 2.05) is 50.2 Å². The highest BCUT2D eigenvalue weighted by molar-refractivity contribution is 6.31. The van der Waals surface area contributed by atoms with Crippen molar-refractivity contribution >= 4 is 17.6 Å². The molecule has 3 N–H and O–H groups in total. The molecule has 0 aliphatic carbocycles. The van der Waals surface area contributed by atoms with Gasteiger partial charge in [-0.2, -0.15) is 0 Å². The number of nitrogens with zero attached hydrogens (tertiary/aromatic N) is 1. The number of aliphatic hydroxyl groups excluding tert-OH is 1. The maximum absolute atomic E-state index is 10.4. The van der Waals surface area contributed by atoms with E-state index in [0.717, 1.165) is 16.9 Å². The number of guanidine groups is 1. The van der Waals surface area contributed by atoms with Gasteiger partial charge in [-0.1, -0.05) is 41.9 Å². The average molecular weight is 420 g/mol. The van der Waals surface area contributed by atoms with E-state index in [9.17, 15) is 5.11 Å². The van der Waals surface area contributed by atoms with Crippen molar-refractivity contribution in [3.05, 3.63) is 64.2 Å². The number of ether oxygens (including phenoxy) is 2. The molecule has 0 saturated heterocycles. The molecule has 2 rings (SSSR count). The van der Waals surface area contributed by atoms with Crippen LogP contribution in [0, 0.1) is 6.92 Å². The number of rotatable bonds is 10. The number of methoxy groups -OCH3 is 1. The first kappa shape index (κ1) is 23.0. The van der Waals surface area contributed by atoms with Crippen LogP contribution >= 0.6 is 11.6 Å². The second kappa shape index (κ2) is 12.3. The second-order valence-electron chi connectivity index (χ2n) is 6.57. The molecule has 0 bridgehead atoms. The molecule has 0 radical (unpaired) electrons. The van der Waals surface area contributed by atoms with E-state index in [0.29, 0.717) is 49.4 Å². The fourth-order valence-corrected chi connectivity index (χ4v) is 2.98. The normalized spacial score (nSPS) is 12.5. The van der Waals surface area contributed by atoms with Gasteiger partial charge in [0.1, 0.15) is 12.4 Å². The topological polar surface area (TPSA) is 75.1 Å². The summed E-state index contributed by atoms with van der Waals surface area (Å²) in [4.78, 5) is 4.63. The Morgan fingerprint density at radius 1 is 1.17 bits per heavy atom. The molecule has 0 aliphatic heterocycles. The van der Waals surface area contributed by atoms with E-state index >= 15 is 0 Å². The van der Waals surface area contributed by atoms with E-state index in [1.165, 1.54) is 0 Å². The predicted octanol–water partition coefficient (Wildman–Crippen LogP) is 3.46. The number of hydrogen-bond donors (Lipinski definition) is 3. The van der Waals surface area contributed by atoms with Crippen LogP contribution < -0.4 is 15.4 Å². The Morgan fingerprint density at radius 3 is 2.69 bits per heavy atom. The summed E-state index contributed by atoms with van der Waals surface area (Å²) < 4.78 is 10.9. The molecule has 1 atom stereocenters. The van der Waals surface area contributed by atoms with Gasteiger partial charge in [-0.3, -0.25) is 0 Å². The molecule has 0 saturated carbocycles. The van der Waals surface area contributed by atoms with Gasteiger partial charge < -0.3 is 25.2 Å². The van der Waals surface area contributed by atoms with Crippen LogP contribution in [0.2, 0.25) is 5.02 Å². The number of aryl methyl sites for hydroxylation is 1. The molecule has 0 aliphatic rings. The third kappa shape index (κ3) is 7.57. The third-order valence-corrected chi connectivity index (χ3v) is 4.59. The van der Waals surface area contributed by atoms with E-state index in [1.54, 1.807) is 13.2 Å². The van der Waals surface area contributed by atoms with Gasteiger partial charge in [0.05, 0.1) is 19.3 Å². The number of halogens is 1. The van der Waals surface area contributed by atoms with Crippen molar-refractivity contribution in [2.24, 2.45) is 4.99 Å². The lowest BCUT2D eigenvalue weighted by molar-refractivity contribution is 0.145. The lowest BCUT2D eigenvalue weighted by Gasteiger charge is -2.17. The molecule has 0 fully saturated rings. The van der Waals surface area contributed by atoms with Crippen LogP contribution in [0.15, 0.2) is 47.5 Å². The third-order valence-electron chi connectivity index (χ3n) is 4.25. The van der Waals surface area contributed by atoms with E-state index in [4.69, 9.17) is 21.1 Å². The molecule has 2 aromatic carbocycles. The van der Waals surface area contributed by atoms with Crippen LogP contribution in [0.1, 0.15) is 29.7 Å². The summed E-state index contributed by atoms with van der Waals surface area (Å²) in [6.07, 6.45) is -0.736. The van der Waals surface area contributed by atoms with Gasteiger partial charge in [-0.15, -0.1) is 0 Å². The SMILES string of the molecule is CCNC(=NCc1ccc(C)cc1OCCOC)NCC(O)c1ccccc1Cl. The van der Waals surface area contributed by atoms with Gasteiger partial charge in [-0.05, 0) is 31.5 Å². The zero-order chi connectivity index (χ0) is 21.1. The van der Waals surface area contributed by atoms with Gasteiger partial charge in [0, 0.05) is 36.3 Å². The predicted molar refractivity (Wildman–Crippen MR) is 118 cm³/mol. The number of hydrogen-bond acceptors (Lipinski definition) is 4. The van der Waals surface area contributed by atoms with Crippen molar-refractivity contribution < 1.29 is 14.6 Å². The molecular weight excluding hydrogens is 390 g/mol. The maximum Gasteiger partial charge on any atom is 0.191 e. The van der Waals surface area contributed by atoms with Crippen LogP contribution in [0.3, 0.4) is 0 Å². The minimum atomic E-state index is -0.736. The fourth-order valence-electron chi connectivity index (χ4n) is 2.72. The molecule has 0 heterocycles. The highest BCUT2D eigenvalue weighted by atomic mass is 35.5. The number of aliphatic hydroxyl groups is 1. The monoisotopic (exact) mass is 419 g/mol. The summed E-state index contributed by atoms with van der Waals surface area (Å²) in [6.45, 7) is 6.48. The Morgan fingerprint density at radius 2 is 1.97 bits per heavy atom. The van der Waals surface area contributed by atoms with Gasteiger partial charge in [0.15, 0.2) is 5.96 Å². The summed E-state index contributed by atoms with van der Waals surface area (Å²) in [5, 5.41) is 17.3. The molecule has 0 aromatic heterocycles.